The minimum Gasteiger partial charge on any atom is -0.296 e. The zero-order chi connectivity index (χ0) is 11.0. The monoisotopic (exact) mass is 212 g/mol. The Morgan fingerprint density at radius 3 is 3.12 bits per heavy atom. The Morgan fingerprint density at radius 1 is 1.38 bits per heavy atom. The SMILES string of the molecule is N#Cc1ccccc1CN1CCCC2CC21. The fourth-order valence-corrected chi connectivity index (χ4v) is 2.89. The number of likely N-dealkylation sites (tertiary alicyclic amines) is 1. The summed E-state index contributed by atoms with van der Waals surface area (Å²) in [5, 5.41) is 9.06. The van der Waals surface area contributed by atoms with Gasteiger partial charge in [-0.15, -0.1) is 0 Å². The van der Waals surface area contributed by atoms with Crippen molar-refractivity contribution in [2.45, 2.75) is 31.8 Å². The van der Waals surface area contributed by atoms with Crippen LogP contribution in [0.3, 0.4) is 0 Å². The quantitative estimate of drug-likeness (QED) is 0.753. The first-order chi connectivity index (χ1) is 7.88. The van der Waals surface area contributed by atoms with Crippen LogP contribution in [0.5, 0.6) is 0 Å². The highest BCUT2D eigenvalue weighted by Gasteiger charge is 2.43. The van der Waals surface area contributed by atoms with E-state index in [-0.39, 0.29) is 0 Å². The van der Waals surface area contributed by atoms with Gasteiger partial charge in [-0.25, -0.2) is 0 Å². The molecule has 3 rings (SSSR count). The van der Waals surface area contributed by atoms with Gasteiger partial charge < -0.3 is 0 Å². The normalized spacial score (nSPS) is 28.2. The minimum atomic E-state index is 0.820. The molecular formula is C14H16N2. The van der Waals surface area contributed by atoms with Crippen LogP contribution in [0.15, 0.2) is 24.3 Å². The molecule has 2 unspecified atom stereocenters. The number of benzene rings is 1. The van der Waals surface area contributed by atoms with E-state index < -0.39 is 0 Å². The van der Waals surface area contributed by atoms with E-state index in [1.807, 2.05) is 18.2 Å². The molecule has 2 fully saturated rings. The highest BCUT2D eigenvalue weighted by atomic mass is 15.2. The molecule has 1 aliphatic carbocycles. The van der Waals surface area contributed by atoms with E-state index in [2.05, 4.69) is 17.0 Å². The van der Waals surface area contributed by atoms with Crippen LogP contribution >= 0.6 is 0 Å². The van der Waals surface area contributed by atoms with E-state index in [4.69, 9.17) is 5.26 Å². The summed E-state index contributed by atoms with van der Waals surface area (Å²) in [6.07, 6.45) is 4.13. The summed E-state index contributed by atoms with van der Waals surface area (Å²) in [4.78, 5) is 2.56. The van der Waals surface area contributed by atoms with Crippen molar-refractivity contribution in [3.63, 3.8) is 0 Å². The van der Waals surface area contributed by atoms with Gasteiger partial charge in [0.1, 0.15) is 0 Å². The summed E-state index contributed by atoms with van der Waals surface area (Å²) in [5.74, 6) is 0.961. The largest absolute Gasteiger partial charge is 0.296 e. The smallest absolute Gasteiger partial charge is 0.0995 e. The van der Waals surface area contributed by atoms with Crippen LogP contribution in [0.25, 0.3) is 0 Å². The number of nitriles is 1. The Kier molecular flexibility index (Phi) is 2.41. The molecule has 1 saturated carbocycles. The molecule has 0 N–H and O–H groups in total. The molecule has 82 valence electrons. The number of fused-ring (bicyclic) bond motifs is 1. The summed E-state index contributed by atoms with van der Waals surface area (Å²) < 4.78 is 0. The average molecular weight is 212 g/mol. The summed E-state index contributed by atoms with van der Waals surface area (Å²) in [6.45, 7) is 2.17. The van der Waals surface area contributed by atoms with Crippen LogP contribution in [0.4, 0.5) is 0 Å². The van der Waals surface area contributed by atoms with Crippen molar-refractivity contribution in [1.29, 1.82) is 5.26 Å². The van der Waals surface area contributed by atoms with Crippen molar-refractivity contribution in [2.75, 3.05) is 6.54 Å². The third kappa shape index (κ3) is 1.72. The summed E-state index contributed by atoms with van der Waals surface area (Å²) in [6, 6.07) is 11.1. The Hall–Kier alpha value is -1.33. The van der Waals surface area contributed by atoms with Crippen molar-refractivity contribution in [2.24, 2.45) is 5.92 Å². The van der Waals surface area contributed by atoms with Crippen molar-refractivity contribution >= 4 is 0 Å². The zero-order valence-corrected chi connectivity index (χ0v) is 9.39. The molecule has 0 radical (unpaired) electrons. The molecule has 2 nitrogen and oxygen atoms in total. The van der Waals surface area contributed by atoms with Crippen molar-refractivity contribution < 1.29 is 0 Å². The third-order valence-corrected chi connectivity index (χ3v) is 3.89. The van der Waals surface area contributed by atoms with Gasteiger partial charge in [0.25, 0.3) is 0 Å². The van der Waals surface area contributed by atoms with Crippen molar-refractivity contribution in [3.8, 4) is 6.07 Å². The molecular weight excluding hydrogens is 196 g/mol. The molecule has 0 bridgehead atoms. The Bertz CT molecular complexity index is 433. The average Bonchev–Trinajstić information content (AvgIpc) is 3.10. The van der Waals surface area contributed by atoms with Gasteiger partial charge >= 0.3 is 0 Å². The fourth-order valence-electron chi connectivity index (χ4n) is 2.89. The van der Waals surface area contributed by atoms with E-state index in [1.165, 1.54) is 31.4 Å². The molecule has 1 aromatic rings. The van der Waals surface area contributed by atoms with Gasteiger partial charge in [-0.3, -0.25) is 4.90 Å². The predicted octanol–water partition coefficient (Wildman–Crippen LogP) is 2.54. The van der Waals surface area contributed by atoms with Gasteiger partial charge in [0.2, 0.25) is 0 Å². The lowest BCUT2D eigenvalue weighted by Gasteiger charge is -2.26. The van der Waals surface area contributed by atoms with Gasteiger partial charge in [-0.1, -0.05) is 18.2 Å². The Labute approximate surface area is 96.5 Å². The number of nitrogens with zero attached hydrogens (tertiary/aromatic N) is 2. The Balaban J connectivity index is 1.76. The van der Waals surface area contributed by atoms with Crippen LogP contribution in [0.1, 0.15) is 30.4 Å². The molecule has 1 aromatic carbocycles. The van der Waals surface area contributed by atoms with Crippen LogP contribution in [-0.2, 0) is 6.54 Å². The molecule has 0 aromatic heterocycles. The van der Waals surface area contributed by atoms with Gasteiger partial charge in [-0.2, -0.15) is 5.26 Å². The molecule has 2 atom stereocenters. The maximum Gasteiger partial charge on any atom is 0.0995 e. The molecule has 1 saturated heterocycles. The maximum atomic E-state index is 9.06. The van der Waals surface area contributed by atoms with E-state index >= 15 is 0 Å². The van der Waals surface area contributed by atoms with Crippen LogP contribution in [-0.4, -0.2) is 17.5 Å². The standard InChI is InChI=1S/C14H16N2/c15-9-12-4-1-2-5-13(12)10-16-7-3-6-11-8-14(11)16/h1-2,4-5,11,14H,3,6-8,10H2. The molecule has 2 heteroatoms. The highest BCUT2D eigenvalue weighted by molar-refractivity contribution is 5.37. The van der Waals surface area contributed by atoms with E-state index in [0.717, 1.165) is 24.1 Å². The van der Waals surface area contributed by atoms with Gasteiger partial charge in [0.05, 0.1) is 11.6 Å². The van der Waals surface area contributed by atoms with Gasteiger partial charge in [-0.05, 0) is 43.4 Å². The van der Waals surface area contributed by atoms with Crippen LogP contribution in [0, 0.1) is 17.2 Å². The summed E-state index contributed by atoms with van der Waals surface area (Å²) >= 11 is 0. The Morgan fingerprint density at radius 2 is 2.25 bits per heavy atom. The molecule has 16 heavy (non-hydrogen) atoms. The summed E-state index contributed by atoms with van der Waals surface area (Å²) in [5.41, 5.74) is 2.03. The molecule has 1 heterocycles. The predicted molar refractivity (Wildman–Crippen MR) is 62.7 cm³/mol. The molecule has 2 aliphatic rings. The van der Waals surface area contributed by atoms with Crippen LogP contribution in [0.2, 0.25) is 0 Å². The topological polar surface area (TPSA) is 27.0 Å². The first-order valence-electron chi connectivity index (χ1n) is 6.10. The lowest BCUT2D eigenvalue weighted by atomic mass is 10.1. The first kappa shape index (κ1) is 9.86. The second-order valence-electron chi connectivity index (χ2n) is 4.94. The van der Waals surface area contributed by atoms with E-state index in [0.29, 0.717) is 0 Å². The van der Waals surface area contributed by atoms with E-state index in [9.17, 15) is 0 Å². The third-order valence-electron chi connectivity index (χ3n) is 3.89. The molecule has 0 amide bonds. The fraction of sp³-hybridized carbons (Fsp3) is 0.500. The van der Waals surface area contributed by atoms with Gasteiger partial charge in [0.15, 0.2) is 0 Å². The first-order valence-corrected chi connectivity index (χ1v) is 6.10. The number of hydrogen-bond acceptors (Lipinski definition) is 2. The number of rotatable bonds is 2. The molecule has 1 aliphatic heterocycles. The lowest BCUT2D eigenvalue weighted by molar-refractivity contribution is 0.207. The minimum absolute atomic E-state index is 0.820. The van der Waals surface area contributed by atoms with Crippen molar-refractivity contribution in [1.82, 2.24) is 4.90 Å². The zero-order valence-electron chi connectivity index (χ0n) is 9.39. The second-order valence-corrected chi connectivity index (χ2v) is 4.94. The van der Waals surface area contributed by atoms with Gasteiger partial charge in [0, 0.05) is 12.6 Å². The second kappa shape index (κ2) is 3.92. The van der Waals surface area contributed by atoms with Crippen molar-refractivity contribution in [3.05, 3.63) is 35.4 Å². The lowest BCUT2D eigenvalue weighted by Crippen LogP contribution is -2.31. The number of hydrogen-bond donors (Lipinski definition) is 0. The molecule has 0 spiro atoms. The van der Waals surface area contributed by atoms with E-state index in [1.54, 1.807) is 0 Å². The number of piperidine rings is 1. The maximum absolute atomic E-state index is 9.06. The summed E-state index contributed by atoms with van der Waals surface area (Å²) in [7, 11) is 0. The highest BCUT2D eigenvalue weighted by Crippen LogP contribution is 2.43. The van der Waals surface area contributed by atoms with Crippen LogP contribution < -0.4 is 0 Å².